The molecule has 1 atom stereocenters. The zero-order valence-corrected chi connectivity index (χ0v) is 11.0. The minimum atomic E-state index is -3.62. The molecule has 0 radical (unpaired) electrons. The minimum absolute atomic E-state index is 0.122. The van der Waals surface area contributed by atoms with E-state index in [0.717, 1.165) is 18.4 Å². The largest absolute Gasteiger partial charge is 0.393 e. The van der Waals surface area contributed by atoms with Crippen molar-refractivity contribution >= 4 is 10.0 Å². The van der Waals surface area contributed by atoms with Crippen LogP contribution in [0.25, 0.3) is 0 Å². The van der Waals surface area contributed by atoms with Crippen LogP contribution in [0.3, 0.4) is 0 Å². The third kappa shape index (κ3) is 3.08. The van der Waals surface area contributed by atoms with Crippen molar-refractivity contribution in [2.24, 2.45) is 5.14 Å². The zero-order valence-electron chi connectivity index (χ0n) is 10.2. The van der Waals surface area contributed by atoms with Crippen molar-refractivity contribution in [1.82, 2.24) is 5.32 Å². The number of nitrogens with one attached hydrogen (secondary N) is 1. The summed E-state index contributed by atoms with van der Waals surface area (Å²) in [6, 6.07) is 7.00. The Hall–Kier alpha value is -0.950. The van der Waals surface area contributed by atoms with Crippen LogP contribution in [0.4, 0.5) is 0 Å². The molecule has 1 aromatic rings. The predicted octanol–water partition coefficient (Wildman–Crippen LogP) is 0.508. The quantitative estimate of drug-likeness (QED) is 0.743. The average molecular weight is 270 g/mol. The van der Waals surface area contributed by atoms with Crippen LogP contribution in [-0.2, 0) is 10.0 Å². The first-order valence-corrected chi connectivity index (χ1v) is 7.48. The van der Waals surface area contributed by atoms with Gasteiger partial charge in [0.05, 0.1) is 11.0 Å². The Morgan fingerprint density at radius 3 is 2.33 bits per heavy atom. The number of aliphatic hydroxyl groups excluding tert-OH is 1. The van der Waals surface area contributed by atoms with Gasteiger partial charge in [-0.1, -0.05) is 12.1 Å². The van der Waals surface area contributed by atoms with Crippen LogP contribution in [0.5, 0.6) is 0 Å². The summed E-state index contributed by atoms with van der Waals surface area (Å²) in [6.45, 7) is 2.01. The van der Waals surface area contributed by atoms with Gasteiger partial charge in [0, 0.05) is 12.1 Å². The summed E-state index contributed by atoms with van der Waals surface area (Å²) in [5.41, 5.74) is 1.00. The Balaban J connectivity index is 2.01. The van der Waals surface area contributed by atoms with E-state index < -0.39 is 10.0 Å². The SMILES string of the molecule is CC(NC1CC(O)C1)c1ccc(S(N)(=O)=O)cc1. The van der Waals surface area contributed by atoms with Gasteiger partial charge in [-0.3, -0.25) is 0 Å². The van der Waals surface area contributed by atoms with Crippen LogP contribution in [0.1, 0.15) is 31.4 Å². The summed E-state index contributed by atoms with van der Waals surface area (Å²) in [5, 5.41) is 17.6. The van der Waals surface area contributed by atoms with Crippen molar-refractivity contribution in [3.05, 3.63) is 29.8 Å². The molecule has 0 bridgehead atoms. The number of sulfonamides is 1. The van der Waals surface area contributed by atoms with Crippen LogP contribution in [0.15, 0.2) is 29.2 Å². The first-order valence-electron chi connectivity index (χ1n) is 5.93. The first-order chi connectivity index (χ1) is 8.36. The maximum Gasteiger partial charge on any atom is 0.238 e. The van der Waals surface area contributed by atoms with Gasteiger partial charge in [0.1, 0.15) is 0 Å². The molecule has 1 fully saturated rings. The second-order valence-corrected chi connectivity index (χ2v) is 6.39. The molecular formula is C12H18N2O3S. The second kappa shape index (κ2) is 4.97. The number of rotatable bonds is 4. The van der Waals surface area contributed by atoms with E-state index in [1.54, 1.807) is 12.1 Å². The minimum Gasteiger partial charge on any atom is -0.393 e. The molecule has 0 aliphatic heterocycles. The van der Waals surface area contributed by atoms with Gasteiger partial charge in [-0.05, 0) is 37.5 Å². The number of primary sulfonamides is 1. The van der Waals surface area contributed by atoms with Gasteiger partial charge in [0.15, 0.2) is 0 Å². The van der Waals surface area contributed by atoms with Gasteiger partial charge < -0.3 is 10.4 Å². The molecule has 0 heterocycles. The molecule has 0 saturated heterocycles. The van der Waals surface area contributed by atoms with E-state index in [2.05, 4.69) is 5.32 Å². The number of nitrogens with two attached hydrogens (primary N) is 1. The fourth-order valence-corrected chi connectivity index (χ4v) is 2.64. The fraction of sp³-hybridized carbons (Fsp3) is 0.500. The third-order valence-electron chi connectivity index (χ3n) is 3.31. The van der Waals surface area contributed by atoms with Gasteiger partial charge in [-0.15, -0.1) is 0 Å². The van der Waals surface area contributed by atoms with Crippen molar-refractivity contribution in [2.75, 3.05) is 0 Å². The van der Waals surface area contributed by atoms with Crippen molar-refractivity contribution in [2.45, 2.75) is 42.8 Å². The molecule has 6 heteroatoms. The number of hydrogen-bond donors (Lipinski definition) is 3. The van der Waals surface area contributed by atoms with Crippen LogP contribution < -0.4 is 10.5 Å². The smallest absolute Gasteiger partial charge is 0.238 e. The molecule has 1 unspecified atom stereocenters. The van der Waals surface area contributed by atoms with E-state index in [4.69, 9.17) is 5.14 Å². The molecule has 100 valence electrons. The van der Waals surface area contributed by atoms with Crippen molar-refractivity contribution in [3.8, 4) is 0 Å². The maximum absolute atomic E-state index is 11.1. The molecule has 5 nitrogen and oxygen atoms in total. The molecule has 2 rings (SSSR count). The number of hydrogen-bond acceptors (Lipinski definition) is 4. The Bertz CT molecular complexity index is 507. The fourth-order valence-electron chi connectivity index (χ4n) is 2.12. The highest BCUT2D eigenvalue weighted by molar-refractivity contribution is 7.89. The molecule has 1 aromatic carbocycles. The summed E-state index contributed by atoms with van der Waals surface area (Å²) in [6.07, 6.45) is 1.37. The lowest BCUT2D eigenvalue weighted by molar-refractivity contribution is 0.0586. The van der Waals surface area contributed by atoms with Crippen LogP contribution in [-0.4, -0.2) is 25.7 Å². The highest BCUT2D eigenvalue weighted by atomic mass is 32.2. The van der Waals surface area contributed by atoms with Crippen molar-refractivity contribution in [3.63, 3.8) is 0 Å². The lowest BCUT2D eigenvalue weighted by Gasteiger charge is -2.34. The third-order valence-corrected chi connectivity index (χ3v) is 4.24. The van der Waals surface area contributed by atoms with Gasteiger partial charge in [0.25, 0.3) is 0 Å². The summed E-state index contributed by atoms with van der Waals surface area (Å²) >= 11 is 0. The number of benzene rings is 1. The van der Waals surface area contributed by atoms with E-state index in [1.807, 2.05) is 6.92 Å². The molecule has 0 spiro atoms. The Labute approximate surface area is 107 Å². The van der Waals surface area contributed by atoms with Crippen molar-refractivity contribution < 1.29 is 13.5 Å². The Kier molecular flexibility index (Phi) is 3.72. The maximum atomic E-state index is 11.1. The van der Waals surface area contributed by atoms with E-state index in [0.29, 0.717) is 6.04 Å². The molecule has 1 saturated carbocycles. The van der Waals surface area contributed by atoms with Crippen LogP contribution >= 0.6 is 0 Å². The zero-order chi connectivity index (χ0) is 13.3. The second-order valence-electron chi connectivity index (χ2n) is 4.82. The average Bonchev–Trinajstić information content (AvgIpc) is 2.26. The molecule has 18 heavy (non-hydrogen) atoms. The van der Waals surface area contributed by atoms with Gasteiger partial charge in [-0.25, -0.2) is 13.6 Å². The Morgan fingerprint density at radius 1 is 1.33 bits per heavy atom. The number of aliphatic hydroxyl groups is 1. The van der Waals surface area contributed by atoms with Crippen molar-refractivity contribution in [1.29, 1.82) is 0 Å². The summed E-state index contributed by atoms with van der Waals surface area (Å²) in [4.78, 5) is 0.123. The summed E-state index contributed by atoms with van der Waals surface area (Å²) < 4.78 is 22.2. The molecule has 1 aliphatic carbocycles. The monoisotopic (exact) mass is 270 g/mol. The standard InChI is InChI=1S/C12H18N2O3S/c1-8(14-10-6-11(15)7-10)9-2-4-12(5-3-9)18(13,16)17/h2-5,8,10-11,14-15H,6-7H2,1H3,(H2,13,16,17). The normalized spacial score (nSPS) is 25.5. The van der Waals surface area contributed by atoms with Crippen LogP contribution in [0.2, 0.25) is 0 Å². The molecule has 0 amide bonds. The molecule has 0 aromatic heterocycles. The van der Waals surface area contributed by atoms with Gasteiger partial charge in [0.2, 0.25) is 10.0 Å². The van der Waals surface area contributed by atoms with Gasteiger partial charge >= 0.3 is 0 Å². The first kappa shape index (κ1) is 13.5. The lowest BCUT2D eigenvalue weighted by Crippen LogP contribution is -2.45. The topological polar surface area (TPSA) is 92.4 Å². The summed E-state index contributed by atoms with van der Waals surface area (Å²) in [7, 11) is -3.62. The molecular weight excluding hydrogens is 252 g/mol. The molecule has 4 N–H and O–H groups in total. The lowest BCUT2D eigenvalue weighted by atomic mass is 9.88. The van der Waals surface area contributed by atoms with E-state index in [9.17, 15) is 13.5 Å². The highest BCUT2D eigenvalue weighted by Crippen LogP contribution is 2.23. The van der Waals surface area contributed by atoms with E-state index >= 15 is 0 Å². The molecule has 1 aliphatic rings. The van der Waals surface area contributed by atoms with Gasteiger partial charge in [-0.2, -0.15) is 0 Å². The predicted molar refractivity (Wildman–Crippen MR) is 68.4 cm³/mol. The van der Waals surface area contributed by atoms with E-state index in [-0.39, 0.29) is 17.0 Å². The highest BCUT2D eigenvalue weighted by Gasteiger charge is 2.28. The van der Waals surface area contributed by atoms with Crippen LogP contribution in [0, 0.1) is 0 Å². The summed E-state index contributed by atoms with van der Waals surface area (Å²) in [5.74, 6) is 0. The van der Waals surface area contributed by atoms with E-state index in [1.165, 1.54) is 12.1 Å². The Morgan fingerprint density at radius 2 is 1.89 bits per heavy atom.